The van der Waals surface area contributed by atoms with Crippen LogP contribution in [0.4, 0.5) is 11.4 Å². The summed E-state index contributed by atoms with van der Waals surface area (Å²) < 4.78 is 5.79. The summed E-state index contributed by atoms with van der Waals surface area (Å²) in [6.45, 7) is 2.17. The molecule has 0 radical (unpaired) electrons. The second-order valence-corrected chi connectivity index (χ2v) is 5.51. The lowest BCUT2D eigenvalue weighted by Crippen LogP contribution is -2.08. The fourth-order valence-corrected chi connectivity index (χ4v) is 2.25. The molecule has 2 aromatic rings. The Morgan fingerprint density at radius 1 is 0.955 bits per heavy atom. The number of rotatable bonds is 8. The van der Waals surface area contributed by atoms with Gasteiger partial charge in [-0.15, -0.1) is 5.11 Å². The van der Waals surface area contributed by atoms with Crippen LogP contribution in [0, 0.1) is 0 Å². The molecule has 0 aliphatic heterocycles. The maximum absolute atomic E-state index is 6.25. The lowest BCUT2D eigenvalue weighted by atomic mass is 10.2. The third kappa shape index (κ3) is 5.49. The van der Waals surface area contributed by atoms with Gasteiger partial charge in [0, 0.05) is 0 Å². The molecular weight excluding hydrogens is 296 g/mol. The van der Waals surface area contributed by atoms with E-state index in [1.807, 2.05) is 54.6 Å². The van der Waals surface area contributed by atoms with Crippen molar-refractivity contribution < 1.29 is 4.74 Å². The van der Waals surface area contributed by atoms with E-state index in [9.17, 15) is 0 Å². The Labute approximate surface area is 137 Å². The highest BCUT2D eigenvalue weighted by Crippen LogP contribution is 2.30. The van der Waals surface area contributed by atoms with Crippen molar-refractivity contribution >= 4 is 23.0 Å². The minimum Gasteiger partial charge on any atom is -0.472 e. The highest BCUT2D eigenvalue weighted by Gasteiger charge is 2.09. The number of azo groups is 1. The van der Waals surface area contributed by atoms with Crippen LogP contribution in [0.15, 0.2) is 64.8 Å². The lowest BCUT2D eigenvalue weighted by molar-refractivity contribution is 0.266. The number of nitrogens with zero attached hydrogens (tertiary/aromatic N) is 2. The summed E-state index contributed by atoms with van der Waals surface area (Å²) in [5.41, 5.74) is 1.16. The molecule has 0 aromatic heterocycles. The number of unbranched alkanes of at least 4 members (excludes halogenated alkanes) is 2. The molecule has 0 heterocycles. The number of ether oxygens (including phenoxy) is 1. The molecule has 0 spiro atoms. The molecule has 4 heteroatoms. The van der Waals surface area contributed by atoms with Crippen LogP contribution in [0.25, 0.3) is 0 Å². The van der Waals surface area contributed by atoms with E-state index in [2.05, 4.69) is 17.2 Å². The smallest absolute Gasteiger partial charge is 0.172 e. The van der Waals surface area contributed by atoms with Gasteiger partial charge in [-0.05, 0) is 37.1 Å². The molecule has 0 N–H and O–H groups in total. The molecule has 0 fully saturated rings. The van der Waals surface area contributed by atoms with Gasteiger partial charge in [-0.3, -0.25) is 0 Å². The zero-order valence-corrected chi connectivity index (χ0v) is 13.5. The highest BCUT2D eigenvalue weighted by atomic mass is 35.5. The molecule has 0 saturated heterocycles. The summed E-state index contributed by atoms with van der Waals surface area (Å²) in [5, 5.41) is 8.49. The van der Waals surface area contributed by atoms with Gasteiger partial charge < -0.3 is 4.74 Å². The molecule has 1 atom stereocenters. The molecular formula is C18H21ClN2O. The topological polar surface area (TPSA) is 34.0 Å². The zero-order chi connectivity index (χ0) is 15.6. The van der Waals surface area contributed by atoms with Gasteiger partial charge in [-0.25, -0.2) is 0 Å². The van der Waals surface area contributed by atoms with E-state index >= 15 is 0 Å². The SMILES string of the molecule is CCCCCC(Cl)Oc1ccccc1N=Nc1ccccc1. The van der Waals surface area contributed by atoms with Crippen molar-refractivity contribution in [1.82, 2.24) is 0 Å². The molecule has 1 unspecified atom stereocenters. The van der Waals surface area contributed by atoms with Crippen LogP contribution in [-0.2, 0) is 0 Å². The van der Waals surface area contributed by atoms with Crippen LogP contribution in [0.3, 0.4) is 0 Å². The molecule has 0 saturated carbocycles. The Kier molecular flexibility index (Phi) is 6.91. The normalized spacial score (nSPS) is 12.5. The van der Waals surface area contributed by atoms with Crippen LogP contribution in [0.5, 0.6) is 5.75 Å². The fourth-order valence-electron chi connectivity index (χ4n) is 2.00. The van der Waals surface area contributed by atoms with Gasteiger partial charge in [0.25, 0.3) is 0 Å². The largest absolute Gasteiger partial charge is 0.472 e. The summed E-state index contributed by atoms with van der Waals surface area (Å²) >= 11 is 6.25. The molecule has 22 heavy (non-hydrogen) atoms. The number of hydrogen-bond donors (Lipinski definition) is 0. The standard InChI is InChI=1S/C18H21ClN2O/c1-2-3-5-14-18(19)22-17-13-9-8-12-16(17)21-20-15-10-6-4-7-11-15/h4,6-13,18H,2-3,5,14H2,1H3. The third-order valence-electron chi connectivity index (χ3n) is 3.18. The molecule has 3 nitrogen and oxygen atoms in total. The average molecular weight is 317 g/mol. The third-order valence-corrected chi connectivity index (χ3v) is 3.49. The molecule has 2 aromatic carbocycles. The predicted molar refractivity (Wildman–Crippen MR) is 91.5 cm³/mol. The summed E-state index contributed by atoms with van der Waals surface area (Å²) in [6, 6.07) is 17.2. The fraction of sp³-hybridized carbons (Fsp3) is 0.333. The Morgan fingerprint density at radius 2 is 1.68 bits per heavy atom. The number of halogens is 1. The second-order valence-electron chi connectivity index (χ2n) is 5.03. The Morgan fingerprint density at radius 3 is 2.45 bits per heavy atom. The van der Waals surface area contributed by atoms with Gasteiger partial charge >= 0.3 is 0 Å². The highest BCUT2D eigenvalue weighted by molar-refractivity contribution is 6.19. The van der Waals surface area contributed by atoms with Crippen LogP contribution >= 0.6 is 11.6 Å². The molecule has 2 rings (SSSR count). The number of alkyl halides is 1. The number of benzene rings is 2. The van der Waals surface area contributed by atoms with Crippen LogP contribution in [-0.4, -0.2) is 5.56 Å². The van der Waals surface area contributed by atoms with E-state index < -0.39 is 0 Å². The first-order valence-electron chi connectivity index (χ1n) is 7.66. The quantitative estimate of drug-likeness (QED) is 0.306. The first-order valence-corrected chi connectivity index (χ1v) is 8.10. The van der Waals surface area contributed by atoms with Crippen molar-refractivity contribution in [3.05, 3.63) is 54.6 Å². The van der Waals surface area contributed by atoms with Crippen molar-refractivity contribution in [1.29, 1.82) is 0 Å². The van der Waals surface area contributed by atoms with Gasteiger partial charge in [0.15, 0.2) is 5.56 Å². The minimum atomic E-state index is -0.334. The minimum absolute atomic E-state index is 0.334. The van der Waals surface area contributed by atoms with Crippen LogP contribution in [0.1, 0.15) is 32.6 Å². The van der Waals surface area contributed by atoms with Crippen molar-refractivity contribution in [3.8, 4) is 5.75 Å². The van der Waals surface area contributed by atoms with E-state index in [-0.39, 0.29) is 5.56 Å². The Hall–Kier alpha value is -1.87. The Bertz CT molecular complexity index is 587. The second kappa shape index (κ2) is 9.21. The predicted octanol–water partition coefficient (Wildman–Crippen LogP) is 6.63. The summed E-state index contributed by atoms with van der Waals surface area (Å²) in [7, 11) is 0. The van der Waals surface area contributed by atoms with E-state index in [1.54, 1.807) is 0 Å². The van der Waals surface area contributed by atoms with Crippen molar-refractivity contribution in [2.75, 3.05) is 0 Å². The van der Waals surface area contributed by atoms with Gasteiger partial charge in [0.2, 0.25) is 0 Å². The maximum atomic E-state index is 6.25. The average Bonchev–Trinajstić information content (AvgIpc) is 2.55. The summed E-state index contributed by atoms with van der Waals surface area (Å²) in [4.78, 5) is 0. The molecule has 116 valence electrons. The van der Waals surface area contributed by atoms with E-state index in [0.717, 1.165) is 18.5 Å². The zero-order valence-electron chi connectivity index (χ0n) is 12.8. The van der Waals surface area contributed by atoms with E-state index in [0.29, 0.717) is 11.4 Å². The summed E-state index contributed by atoms with van der Waals surface area (Å²) in [5.74, 6) is 0.665. The maximum Gasteiger partial charge on any atom is 0.172 e. The number of para-hydroxylation sites is 1. The first-order chi connectivity index (χ1) is 10.8. The monoisotopic (exact) mass is 316 g/mol. The molecule has 0 bridgehead atoms. The lowest BCUT2D eigenvalue weighted by Gasteiger charge is -2.13. The van der Waals surface area contributed by atoms with Gasteiger partial charge in [-0.2, -0.15) is 5.11 Å². The van der Waals surface area contributed by atoms with Crippen molar-refractivity contribution in [3.63, 3.8) is 0 Å². The van der Waals surface area contributed by atoms with Crippen LogP contribution in [0.2, 0.25) is 0 Å². The molecule has 0 aliphatic carbocycles. The Balaban J connectivity index is 2.02. The van der Waals surface area contributed by atoms with E-state index in [1.165, 1.54) is 12.8 Å². The van der Waals surface area contributed by atoms with E-state index in [4.69, 9.17) is 16.3 Å². The van der Waals surface area contributed by atoms with Crippen molar-refractivity contribution in [2.24, 2.45) is 10.2 Å². The van der Waals surface area contributed by atoms with Crippen LogP contribution < -0.4 is 4.74 Å². The molecule has 0 amide bonds. The van der Waals surface area contributed by atoms with Gasteiger partial charge in [-0.1, -0.05) is 61.7 Å². The van der Waals surface area contributed by atoms with Gasteiger partial charge in [0.1, 0.15) is 11.4 Å². The number of hydrogen-bond acceptors (Lipinski definition) is 3. The van der Waals surface area contributed by atoms with Crippen molar-refractivity contribution in [2.45, 2.75) is 38.2 Å². The summed E-state index contributed by atoms with van der Waals surface area (Å²) in [6.07, 6.45) is 4.24. The first kappa shape index (κ1) is 16.5. The van der Waals surface area contributed by atoms with Gasteiger partial charge in [0.05, 0.1) is 5.69 Å². The molecule has 0 aliphatic rings.